The van der Waals surface area contributed by atoms with Crippen LogP contribution in [0.4, 0.5) is 0 Å². The highest BCUT2D eigenvalue weighted by molar-refractivity contribution is 6.13. The zero-order chi connectivity index (χ0) is 32.0. The lowest BCUT2D eigenvalue weighted by Gasteiger charge is -2.22. The Hall–Kier alpha value is -6.13. The highest BCUT2D eigenvalue weighted by atomic mass is 16.3. The summed E-state index contributed by atoms with van der Waals surface area (Å²) in [5.41, 5.74) is 9.54. The van der Waals surface area contributed by atoms with Gasteiger partial charge in [-0.1, -0.05) is 123 Å². The largest absolute Gasteiger partial charge is 0.456 e. The predicted octanol–water partition coefficient (Wildman–Crippen LogP) is 11.4. The summed E-state index contributed by atoms with van der Waals surface area (Å²) in [5, 5.41) is 6.97. The Kier molecular flexibility index (Phi) is 5.59. The molecule has 0 saturated heterocycles. The van der Waals surface area contributed by atoms with Crippen LogP contribution in [0.3, 0.4) is 0 Å². The summed E-state index contributed by atoms with van der Waals surface area (Å²) in [6, 6.07) is 48.9. The minimum atomic E-state index is -0.236. The minimum absolute atomic E-state index is 0.236. The molecular formula is C44H29N3O. The van der Waals surface area contributed by atoms with Gasteiger partial charge in [0.1, 0.15) is 11.2 Å². The Morgan fingerprint density at radius 2 is 1.06 bits per heavy atom. The fraction of sp³-hybridized carbons (Fsp3) is 0.0682. The highest BCUT2D eigenvalue weighted by Gasteiger charge is 2.37. The average molecular weight is 616 g/mol. The second kappa shape index (κ2) is 9.93. The van der Waals surface area contributed by atoms with Crippen LogP contribution < -0.4 is 0 Å². The van der Waals surface area contributed by atoms with Crippen molar-refractivity contribution < 1.29 is 4.42 Å². The molecule has 2 heterocycles. The minimum Gasteiger partial charge on any atom is -0.456 e. The van der Waals surface area contributed by atoms with Gasteiger partial charge in [-0.25, -0.2) is 15.0 Å². The van der Waals surface area contributed by atoms with Crippen LogP contribution in [-0.4, -0.2) is 15.0 Å². The van der Waals surface area contributed by atoms with Crippen LogP contribution in [0.5, 0.6) is 0 Å². The average Bonchev–Trinajstić information content (AvgIpc) is 3.61. The number of fused-ring (bicyclic) bond motifs is 9. The van der Waals surface area contributed by atoms with E-state index in [0.29, 0.717) is 17.5 Å². The molecule has 4 nitrogen and oxygen atoms in total. The molecule has 9 aromatic rings. The van der Waals surface area contributed by atoms with Crippen LogP contribution in [0.15, 0.2) is 144 Å². The van der Waals surface area contributed by atoms with Gasteiger partial charge in [0.15, 0.2) is 17.5 Å². The second-order valence-electron chi connectivity index (χ2n) is 13.2. The standard InChI is InChI=1S/C44H29N3O/c1-44(2)37-23-28(20-21-32(37)34-24-35-33-18-10-11-19-39(33)48-40(35)25-38(34)44)42-45-41(26-12-4-3-5-13-26)46-43(47-42)36-22-27-14-6-7-15-29(27)30-16-8-9-17-31(30)36/h3-25H,1-2H3. The summed E-state index contributed by atoms with van der Waals surface area (Å²) < 4.78 is 6.30. The first-order valence-corrected chi connectivity index (χ1v) is 16.4. The molecule has 1 aliphatic carbocycles. The van der Waals surface area contributed by atoms with E-state index in [2.05, 4.69) is 123 Å². The lowest BCUT2D eigenvalue weighted by Crippen LogP contribution is -2.15. The maximum absolute atomic E-state index is 6.30. The zero-order valence-corrected chi connectivity index (χ0v) is 26.5. The first-order valence-electron chi connectivity index (χ1n) is 16.4. The monoisotopic (exact) mass is 615 g/mol. The van der Waals surface area contributed by atoms with Gasteiger partial charge in [0.2, 0.25) is 0 Å². The second-order valence-corrected chi connectivity index (χ2v) is 13.2. The van der Waals surface area contributed by atoms with Crippen molar-refractivity contribution in [3.05, 3.63) is 151 Å². The quantitative estimate of drug-likeness (QED) is 0.186. The third-order valence-electron chi connectivity index (χ3n) is 10.1. The van der Waals surface area contributed by atoms with Crippen molar-refractivity contribution in [3.8, 4) is 45.3 Å². The first-order chi connectivity index (χ1) is 23.5. The number of nitrogens with zero attached hydrogens (tertiary/aromatic N) is 3. The molecule has 7 aromatic carbocycles. The lowest BCUT2D eigenvalue weighted by atomic mass is 9.82. The summed E-state index contributed by atoms with van der Waals surface area (Å²) in [6.45, 7) is 4.59. The van der Waals surface area contributed by atoms with E-state index in [9.17, 15) is 0 Å². The molecule has 2 aromatic heterocycles. The van der Waals surface area contributed by atoms with Crippen molar-refractivity contribution in [2.45, 2.75) is 19.3 Å². The third kappa shape index (κ3) is 3.93. The van der Waals surface area contributed by atoms with Gasteiger partial charge in [-0.15, -0.1) is 0 Å². The van der Waals surface area contributed by atoms with Gasteiger partial charge in [0.05, 0.1) is 0 Å². The van der Waals surface area contributed by atoms with E-state index in [4.69, 9.17) is 19.4 Å². The molecule has 0 aliphatic heterocycles. The van der Waals surface area contributed by atoms with Gasteiger partial charge in [-0.2, -0.15) is 0 Å². The molecule has 0 bridgehead atoms. The number of hydrogen-bond acceptors (Lipinski definition) is 4. The smallest absolute Gasteiger partial charge is 0.164 e. The van der Waals surface area contributed by atoms with Gasteiger partial charge in [-0.05, 0) is 74.1 Å². The van der Waals surface area contributed by atoms with Crippen LogP contribution in [0.1, 0.15) is 25.0 Å². The topological polar surface area (TPSA) is 51.8 Å². The Bertz CT molecular complexity index is 2760. The number of rotatable bonds is 3. The third-order valence-corrected chi connectivity index (χ3v) is 10.1. The van der Waals surface area contributed by atoms with Crippen LogP contribution in [0, 0.1) is 0 Å². The van der Waals surface area contributed by atoms with E-state index < -0.39 is 0 Å². The Morgan fingerprint density at radius 1 is 0.417 bits per heavy atom. The fourth-order valence-electron chi connectivity index (χ4n) is 7.67. The summed E-state index contributed by atoms with van der Waals surface area (Å²) in [7, 11) is 0. The number of hydrogen-bond donors (Lipinski definition) is 0. The highest BCUT2D eigenvalue weighted by Crippen LogP contribution is 2.51. The normalized spacial score (nSPS) is 13.4. The molecular weight excluding hydrogens is 587 g/mol. The predicted molar refractivity (Wildman–Crippen MR) is 196 cm³/mol. The summed E-state index contributed by atoms with van der Waals surface area (Å²) in [6.07, 6.45) is 0. The molecule has 1 aliphatic rings. The van der Waals surface area contributed by atoms with E-state index in [1.807, 2.05) is 30.3 Å². The number of furan rings is 1. The number of para-hydroxylation sites is 1. The lowest BCUT2D eigenvalue weighted by molar-refractivity contribution is 0.647. The molecule has 226 valence electrons. The SMILES string of the molecule is CC1(C)c2cc(-c3nc(-c4ccccc4)nc(-c4cc5ccccc5c5ccccc45)n3)ccc2-c2cc3c(cc21)oc1ccccc13. The van der Waals surface area contributed by atoms with Crippen LogP contribution in [0.2, 0.25) is 0 Å². The molecule has 48 heavy (non-hydrogen) atoms. The van der Waals surface area contributed by atoms with Gasteiger partial charge in [-0.3, -0.25) is 0 Å². The fourth-order valence-corrected chi connectivity index (χ4v) is 7.67. The summed E-state index contributed by atoms with van der Waals surface area (Å²) in [4.78, 5) is 15.4. The van der Waals surface area contributed by atoms with Crippen molar-refractivity contribution in [1.82, 2.24) is 15.0 Å². The molecule has 0 saturated carbocycles. The van der Waals surface area contributed by atoms with Gasteiger partial charge < -0.3 is 4.42 Å². The van der Waals surface area contributed by atoms with Crippen LogP contribution in [-0.2, 0) is 5.41 Å². The van der Waals surface area contributed by atoms with E-state index in [1.54, 1.807) is 0 Å². The molecule has 4 heteroatoms. The maximum Gasteiger partial charge on any atom is 0.164 e. The van der Waals surface area contributed by atoms with Crippen LogP contribution >= 0.6 is 0 Å². The van der Waals surface area contributed by atoms with Gasteiger partial charge in [0.25, 0.3) is 0 Å². The van der Waals surface area contributed by atoms with E-state index in [1.165, 1.54) is 33.0 Å². The molecule has 0 unspecified atom stereocenters. The summed E-state index contributed by atoms with van der Waals surface area (Å²) in [5.74, 6) is 1.98. The van der Waals surface area contributed by atoms with E-state index >= 15 is 0 Å². The first kappa shape index (κ1) is 27.0. The molecule has 0 spiro atoms. The van der Waals surface area contributed by atoms with Gasteiger partial charge in [0, 0.05) is 32.9 Å². The Labute approximate surface area is 277 Å². The van der Waals surface area contributed by atoms with Crippen molar-refractivity contribution in [2.75, 3.05) is 0 Å². The molecule has 0 fully saturated rings. The van der Waals surface area contributed by atoms with Gasteiger partial charge >= 0.3 is 0 Å². The van der Waals surface area contributed by atoms with Crippen molar-refractivity contribution in [1.29, 1.82) is 0 Å². The van der Waals surface area contributed by atoms with Crippen molar-refractivity contribution in [3.63, 3.8) is 0 Å². The van der Waals surface area contributed by atoms with E-state index in [0.717, 1.165) is 49.4 Å². The zero-order valence-electron chi connectivity index (χ0n) is 26.5. The molecule has 10 rings (SSSR count). The van der Waals surface area contributed by atoms with Crippen LogP contribution in [0.25, 0.3) is 88.8 Å². The molecule has 0 atom stereocenters. The number of aromatic nitrogens is 3. The molecule has 0 amide bonds. The van der Waals surface area contributed by atoms with Crippen molar-refractivity contribution >= 4 is 43.5 Å². The molecule has 0 N–H and O–H groups in total. The Balaban J connectivity index is 1.18. The number of benzene rings is 7. The summed E-state index contributed by atoms with van der Waals surface area (Å²) >= 11 is 0. The van der Waals surface area contributed by atoms with Crippen molar-refractivity contribution in [2.24, 2.45) is 0 Å². The molecule has 0 radical (unpaired) electrons. The van der Waals surface area contributed by atoms with E-state index in [-0.39, 0.29) is 5.41 Å². The maximum atomic E-state index is 6.30. The Morgan fingerprint density at radius 3 is 1.90 bits per heavy atom.